The zero-order valence-electron chi connectivity index (χ0n) is 13.8. The van der Waals surface area contributed by atoms with E-state index in [1.165, 1.54) is 17.7 Å². The van der Waals surface area contributed by atoms with E-state index in [-0.39, 0.29) is 17.2 Å². The van der Waals surface area contributed by atoms with E-state index >= 15 is 0 Å². The lowest BCUT2D eigenvalue weighted by Gasteiger charge is -2.12. The van der Waals surface area contributed by atoms with Gasteiger partial charge in [-0.1, -0.05) is 29.8 Å². The summed E-state index contributed by atoms with van der Waals surface area (Å²) in [7, 11) is 0. The lowest BCUT2D eigenvalue weighted by Crippen LogP contribution is -2.32. The normalized spacial score (nSPS) is 15.4. The van der Waals surface area contributed by atoms with Crippen LogP contribution < -0.4 is 16.1 Å². The average Bonchev–Trinajstić information content (AvgIpc) is 3.28. The fraction of sp³-hybridized carbons (Fsp3) is 0.105. The quantitative estimate of drug-likeness (QED) is 0.702. The molecule has 3 aromatic rings. The van der Waals surface area contributed by atoms with E-state index < -0.39 is 11.9 Å². The summed E-state index contributed by atoms with van der Waals surface area (Å²) in [5.74, 6) is -1.85. The van der Waals surface area contributed by atoms with Crippen molar-refractivity contribution in [2.45, 2.75) is 6.42 Å². The molecule has 6 nitrogen and oxygen atoms in total. The van der Waals surface area contributed by atoms with E-state index in [4.69, 9.17) is 16.0 Å². The Balaban J connectivity index is 1.63. The minimum absolute atomic E-state index is 0.0656. The van der Waals surface area contributed by atoms with Crippen molar-refractivity contribution in [1.29, 1.82) is 0 Å². The Bertz CT molecular complexity index is 1150. The molecule has 0 bridgehead atoms. The van der Waals surface area contributed by atoms with Gasteiger partial charge in [-0.15, -0.1) is 11.3 Å². The van der Waals surface area contributed by atoms with Crippen LogP contribution in [0.5, 0.6) is 0 Å². The van der Waals surface area contributed by atoms with Gasteiger partial charge in [0.25, 0.3) is 0 Å². The fourth-order valence-electron chi connectivity index (χ4n) is 2.92. The maximum absolute atomic E-state index is 12.6. The monoisotopic (exact) mass is 400 g/mol. The third kappa shape index (κ3) is 3.39. The minimum Gasteiger partial charge on any atom is -0.478 e. The molecule has 0 saturated heterocycles. The molecule has 0 saturated carbocycles. The second-order valence-corrected chi connectivity index (χ2v) is 7.29. The summed E-state index contributed by atoms with van der Waals surface area (Å²) < 4.78 is 5.24. The number of carbonyl (C=O) groups excluding carboxylic acids is 1. The number of rotatable bonds is 4. The van der Waals surface area contributed by atoms with Crippen molar-refractivity contribution in [2.24, 2.45) is 5.92 Å². The number of carbonyl (C=O) groups is 2. The van der Waals surface area contributed by atoms with Gasteiger partial charge in [0.2, 0.25) is 5.91 Å². The Morgan fingerprint density at radius 1 is 1.30 bits per heavy atom. The Morgan fingerprint density at radius 2 is 2.07 bits per heavy atom. The highest BCUT2D eigenvalue weighted by atomic mass is 35.5. The maximum Gasteiger partial charge on any atom is 0.339 e. The lowest BCUT2D eigenvalue weighted by molar-refractivity contribution is -0.118. The second kappa shape index (κ2) is 7.02. The van der Waals surface area contributed by atoms with E-state index in [9.17, 15) is 14.7 Å². The van der Waals surface area contributed by atoms with E-state index in [2.05, 4.69) is 10.3 Å². The van der Waals surface area contributed by atoms with Crippen molar-refractivity contribution in [3.63, 3.8) is 0 Å². The number of hydrogen-bond donors (Lipinski definition) is 2. The summed E-state index contributed by atoms with van der Waals surface area (Å²) in [6.07, 6.45) is 5.33. The summed E-state index contributed by atoms with van der Waals surface area (Å²) >= 11 is 7.16. The number of carboxylic acid groups (broad SMARTS) is 1. The Labute approximate surface area is 162 Å². The number of hydrogen-bond acceptors (Lipinski definition) is 5. The molecule has 0 radical (unpaired) electrons. The van der Waals surface area contributed by atoms with Gasteiger partial charge in [0.05, 0.1) is 16.5 Å². The van der Waals surface area contributed by atoms with E-state index in [0.29, 0.717) is 27.1 Å². The molecular weight excluding hydrogens is 388 g/mol. The smallest absolute Gasteiger partial charge is 0.339 e. The van der Waals surface area contributed by atoms with Gasteiger partial charge in [-0.25, -0.2) is 9.78 Å². The molecule has 27 heavy (non-hydrogen) atoms. The van der Waals surface area contributed by atoms with E-state index in [0.717, 1.165) is 5.56 Å². The van der Waals surface area contributed by atoms with Gasteiger partial charge in [-0.3, -0.25) is 4.79 Å². The fourth-order valence-corrected chi connectivity index (χ4v) is 4.04. The van der Waals surface area contributed by atoms with Crippen molar-refractivity contribution in [3.8, 4) is 10.4 Å². The number of aromatic nitrogens is 1. The van der Waals surface area contributed by atoms with Crippen LogP contribution in [0.15, 0.2) is 40.5 Å². The highest BCUT2D eigenvalue weighted by Crippen LogP contribution is 2.36. The van der Waals surface area contributed by atoms with Gasteiger partial charge >= 0.3 is 5.97 Å². The molecule has 1 unspecified atom stereocenters. The van der Waals surface area contributed by atoms with Crippen LogP contribution in [0.25, 0.3) is 22.6 Å². The first-order chi connectivity index (χ1) is 13.0. The highest BCUT2D eigenvalue weighted by Gasteiger charge is 2.24. The number of oxazole rings is 1. The van der Waals surface area contributed by atoms with E-state index in [1.54, 1.807) is 35.7 Å². The highest BCUT2D eigenvalue weighted by molar-refractivity contribution is 7.14. The van der Waals surface area contributed by atoms with Gasteiger partial charge in [0.15, 0.2) is 11.8 Å². The van der Waals surface area contributed by atoms with Crippen LogP contribution in [0.3, 0.4) is 0 Å². The number of amides is 1. The molecule has 136 valence electrons. The number of benzene rings is 1. The number of anilines is 1. The first-order valence-corrected chi connectivity index (χ1v) is 9.32. The van der Waals surface area contributed by atoms with Crippen LogP contribution in [0, 0.1) is 5.92 Å². The molecule has 1 aliphatic carbocycles. The number of fused-ring (bicyclic) bond motifs is 1. The standard InChI is InChI=1S/C19H13ClN2O4S/c20-12-4-1-10(2-5-12)17-16(19(24)25)14(8-27-17)22-18(23)11-3-6-13-15(7-11)26-9-21-13/h1-2,4-9,11H,3H2,(H,22,23)(H,24,25). The molecule has 1 atom stereocenters. The number of aromatic carboxylic acids is 1. The van der Waals surface area contributed by atoms with Gasteiger partial charge in [-0.05, 0) is 30.2 Å². The molecule has 1 aromatic carbocycles. The van der Waals surface area contributed by atoms with Gasteiger partial charge in [-0.2, -0.15) is 0 Å². The summed E-state index contributed by atoms with van der Waals surface area (Å²) in [4.78, 5) is 29.1. The number of carboxylic acids is 1. The lowest BCUT2D eigenvalue weighted by atomic mass is 10.0. The molecule has 0 fully saturated rings. The third-order valence-corrected chi connectivity index (χ3v) is 5.53. The van der Waals surface area contributed by atoms with E-state index in [1.807, 2.05) is 6.08 Å². The number of halogens is 1. The zero-order valence-corrected chi connectivity index (χ0v) is 15.4. The third-order valence-electron chi connectivity index (χ3n) is 4.25. The number of thiophene rings is 1. The van der Waals surface area contributed by atoms with Crippen molar-refractivity contribution < 1.29 is 19.1 Å². The van der Waals surface area contributed by atoms with Gasteiger partial charge in [0.1, 0.15) is 10.9 Å². The van der Waals surface area contributed by atoms with Gasteiger partial charge < -0.3 is 14.8 Å². The molecule has 1 amide bonds. The molecular formula is C19H13ClN2O4S. The molecule has 8 heteroatoms. The molecule has 2 heterocycles. The average molecular weight is 401 g/mol. The number of nitrogens with one attached hydrogen (secondary N) is 1. The summed E-state index contributed by atoms with van der Waals surface area (Å²) in [5, 5.41) is 15.3. The molecule has 0 aliphatic heterocycles. The minimum atomic E-state index is -1.10. The largest absolute Gasteiger partial charge is 0.478 e. The molecule has 0 spiro atoms. The van der Waals surface area contributed by atoms with Crippen LogP contribution in [0.4, 0.5) is 5.69 Å². The summed E-state index contributed by atoms with van der Waals surface area (Å²) in [6.45, 7) is 0. The molecule has 2 aromatic heterocycles. The van der Waals surface area contributed by atoms with Gasteiger partial charge in [0, 0.05) is 10.4 Å². The van der Waals surface area contributed by atoms with Crippen LogP contribution in [0.1, 0.15) is 16.8 Å². The molecule has 2 N–H and O–H groups in total. The first-order valence-electron chi connectivity index (χ1n) is 8.06. The van der Waals surface area contributed by atoms with Crippen LogP contribution in [-0.2, 0) is 4.79 Å². The first kappa shape index (κ1) is 17.5. The predicted octanol–water partition coefficient (Wildman–Crippen LogP) is 2.97. The SMILES string of the molecule is O=C(O)c1c(NC(=O)C2C=c3ocnc3=CC2)csc1-c1ccc(Cl)cc1. The van der Waals surface area contributed by atoms with Crippen LogP contribution in [0.2, 0.25) is 5.02 Å². The molecule has 1 aliphatic rings. The van der Waals surface area contributed by atoms with Crippen LogP contribution >= 0.6 is 22.9 Å². The summed E-state index contributed by atoms with van der Waals surface area (Å²) in [5.41, 5.74) is 1.62. The summed E-state index contributed by atoms with van der Waals surface area (Å²) in [6, 6.07) is 6.90. The predicted molar refractivity (Wildman–Crippen MR) is 103 cm³/mol. The Kier molecular flexibility index (Phi) is 4.55. The molecule has 4 rings (SSSR count). The van der Waals surface area contributed by atoms with Crippen molar-refractivity contribution in [2.75, 3.05) is 5.32 Å². The Morgan fingerprint density at radius 3 is 2.81 bits per heavy atom. The maximum atomic E-state index is 12.6. The topological polar surface area (TPSA) is 92.4 Å². The van der Waals surface area contributed by atoms with Crippen molar-refractivity contribution in [1.82, 2.24) is 4.98 Å². The Hall–Kier alpha value is -2.90. The number of nitrogens with zero attached hydrogens (tertiary/aromatic N) is 1. The van der Waals surface area contributed by atoms with Crippen LogP contribution in [-0.4, -0.2) is 22.0 Å². The van der Waals surface area contributed by atoms with Crippen molar-refractivity contribution >= 4 is 52.7 Å². The second-order valence-electron chi connectivity index (χ2n) is 5.97. The zero-order chi connectivity index (χ0) is 19.0. The van der Waals surface area contributed by atoms with Crippen molar-refractivity contribution in [3.05, 3.63) is 57.4 Å².